The number of benzene rings is 1. The molecule has 1 N–H and O–H groups in total. The summed E-state index contributed by atoms with van der Waals surface area (Å²) in [6.07, 6.45) is 4.94. The fourth-order valence-corrected chi connectivity index (χ4v) is 2.90. The normalized spacial score (nSPS) is 24.3. The van der Waals surface area contributed by atoms with Crippen LogP contribution in [-0.4, -0.2) is 6.04 Å². The van der Waals surface area contributed by atoms with E-state index in [0.29, 0.717) is 6.04 Å². The van der Waals surface area contributed by atoms with Crippen molar-refractivity contribution in [2.45, 2.75) is 45.6 Å². The topological polar surface area (TPSA) is 12.0 Å². The summed E-state index contributed by atoms with van der Waals surface area (Å²) in [6, 6.07) is 5.42. The molecule has 0 saturated heterocycles. The lowest BCUT2D eigenvalue weighted by Gasteiger charge is -2.32. The predicted octanol–water partition coefficient (Wildman–Crippen LogP) is 5.11. The minimum absolute atomic E-state index is 0.184. The van der Waals surface area contributed by atoms with Gasteiger partial charge in [-0.05, 0) is 42.9 Å². The highest BCUT2D eigenvalue weighted by molar-refractivity contribution is 6.30. The maximum absolute atomic E-state index is 13.4. The number of anilines is 1. The van der Waals surface area contributed by atoms with E-state index in [-0.39, 0.29) is 10.8 Å². The summed E-state index contributed by atoms with van der Waals surface area (Å²) < 4.78 is 13.4. The monoisotopic (exact) mass is 269 g/mol. The number of hydrogen-bond acceptors (Lipinski definition) is 1. The van der Waals surface area contributed by atoms with Gasteiger partial charge in [-0.2, -0.15) is 0 Å². The number of halogens is 2. The first-order valence-electron chi connectivity index (χ1n) is 6.78. The molecule has 1 nitrogen and oxygen atoms in total. The molecule has 3 heteroatoms. The molecule has 0 amide bonds. The van der Waals surface area contributed by atoms with Gasteiger partial charge in [0.1, 0.15) is 5.82 Å². The summed E-state index contributed by atoms with van der Waals surface area (Å²) in [6.45, 7) is 4.57. The second-order valence-electron chi connectivity index (χ2n) is 5.64. The van der Waals surface area contributed by atoms with Gasteiger partial charge >= 0.3 is 0 Å². The highest BCUT2D eigenvalue weighted by Gasteiger charge is 2.24. The van der Waals surface area contributed by atoms with E-state index >= 15 is 0 Å². The highest BCUT2D eigenvalue weighted by Crippen LogP contribution is 2.31. The Bertz CT molecular complexity index is 405. The molecule has 100 valence electrons. The molecule has 1 saturated carbocycles. The number of nitrogens with one attached hydrogen (secondary N) is 1. The second kappa shape index (κ2) is 5.92. The molecule has 1 aliphatic carbocycles. The van der Waals surface area contributed by atoms with Crippen molar-refractivity contribution in [3.63, 3.8) is 0 Å². The van der Waals surface area contributed by atoms with Crippen LogP contribution in [0.1, 0.15) is 39.5 Å². The van der Waals surface area contributed by atoms with E-state index in [1.54, 1.807) is 6.07 Å². The maximum atomic E-state index is 13.4. The molecule has 0 spiro atoms. The molecule has 2 rings (SSSR count). The Balaban J connectivity index is 1.98. The summed E-state index contributed by atoms with van der Waals surface area (Å²) in [5.74, 6) is 1.17. The summed E-state index contributed by atoms with van der Waals surface area (Å²) in [4.78, 5) is 0. The lowest BCUT2D eigenvalue weighted by molar-refractivity contribution is 0.264. The first-order chi connectivity index (χ1) is 8.56. The van der Waals surface area contributed by atoms with Gasteiger partial charge in [0.05, 0.1) is 5.02 Å². The molecular formula is C15H21ClFN. The number of hydrogen-bond donors (Lipinski definition) is 1. The van der Waals surface area contributed by atoms with Crippen molar-refractivity contribution in [1.82, 2.24) is 0 Å². The first kappa shape index (κ1) is 13.7. The van der Waals surface area contributed by atoms with Crippen molar-refractivity contribution in [1.29, 1.82) is 0 Å². The summed E-state index contributed by atoms with van der Waals surface area (Å²) in [5, 5.41) is 3.62. The zero-order chi connectivity index (χ0) is 13.1. The lowest BCUT2D eigenvalue weighted by Crippen LogP contribution is -2.29. The zero-order valence-corrected chi connectivity index (χ0v) is 11.8. The molecule has 0 bridgehead atoms. The fourth-order valence-electron chi connectivity index (χ4n) is 2.79. The van der Waals surface area contributed by atoms with Crippen molar-refractivity contribution < 1.29 is 4.39 Å². The summed E-state index contributed by atoms with van der Waals surface area (Å²) >= 11 is 5.69. The quantitative estimate of drug-likeness (QED) is 0.804. The molecular weight excluding hydrogens is 249 g/mol. The van der Waals surface area contributed by atoms with Gasteiger partial charge in [-0.25, -0.2) is 4.39 Å². The van der Waals surface area contributed by atoms with E-state index < -0.39 is 0 Å². The van der Waals surface area contributed by atoms with E-state index in [2.05, 4.69) is 19.2 Å². The molecule has 1 aromatic rings. The average molecular weight is 270 g/mol. The second-order valence-corrected chi connectivity index (χ2v) is 6.05. The SMILES string of the molecule is CC(C)C1CCCC(Nc2ccc(Cl)c(F)c2)C1. The highest BCUT2D eigenvalue weighted by atomic mass is 35.5. The van der Waals surface area contributed by atoms with Crippen LogP contribution in [0, 0.1) is 17.7 Å². The van der Waals surface area contributed by atoms with Gasteiger partial charge in [0.2, 0.25) is 0 Å². The number of rotatable bonds is 3. The smallest absolute Gasteiger partial charge is 0.143 e. The Hall–Kier alpha value is -0.760. The Kier molecular flexibility index (Phi) is 4.50. The fraction of sp³-hybridized carbons (Fsp3) is 0.600. The van der Waals surface area contributed by atoms with Crippen LogP contribution in [0.2, 0.25) is 5.02 Å². The van der Waals surface area contributed by atoms with Gasteiger partial charge in [-0.1, -0.05) is 38.3 Å². The Morgan fingerprint density at radius 2 is 2.11 bits per heavy atom. The van der Waals surface area contributed by atoms with Gasteiger partial charge in [0, 0.05) is 11.7 Å². The van der Waals surface area contributed by atoms with E-state index in [1.807, 2.05) is 6.07 Å². The molecule has 0 aromatic heterocycles. The average Bonchev–Trinajstić information content (AvgIpc) is 2.34. The van der Waals surface area contributed by atoms with Crippen LogP contribution in [-0.2, 0) is 0 Å². The van der Waals surface area contributed by atoms with Crippen LogP contribution >= 0.6 is 11.6 Å². The van der Waals surface area contributed by atoms with E-state index in [9.17, 15) is 4.39 Å². The van der Waals surface area contributed by atoms with E-state index in [0.717, 1.165) is 17.5 Å². The molecule has 1 aromatic carbocycles. The third kappa shape index (κ3) is 3.38. The van der Waals surface area contributed by atoms with Crippen molar-refractivity contribution >= 4 is 17.3 Å². The minimum atomic E-state index is -0.349. The maximum Gasteiger partial charge on any atom is 0.143 e. The van der Waals surface area contributed by atoms with Crippen LogP contribution in [0.25, 0.3) is 0 Å². The third-order valence-corrected chi connectivity index (χ3v) is 4.25. The van der Waals surface area contributed by atoms with Gasteiger partial charge < -0.3 is 5.32 Å². The zero-order valence-electron chi connectivity index (χ0n) is 11.0. The van der Waals surface area contributed by atoms with Gasteiger partial charge in [0.15, 0.2) is 0 Å². The molecule has 0 radical (unpaired) electrons. The minimum Gasteiger partial charge on any atom is -0.382 e. The first-order valence-corrected chi connectivity index (χ1v) is 7.15. The van der Waals surface area contributed by atoms with Gasteiger partial charge in [-0.3, -0.25) is 0 Å². The van der Waals surface area contributed by atoms with Crippen molar-refractivity contribution in [2.24, 2.45) is 11.8 Å². The van der Waals surface area contributed by atoms with Crippen LogP contribution in [0.3, 0.4) is 0 Å². The summed E-state index contributed by atoms with van der Waals surface area (Å²) in [5.41, 5.74) is 0.839. The third-order valence-electron chi connectivity index (χ3n) is 3.95. The lowest BCUT2D eigenvalue weighted by atomic mass is 9.79. The molecule has 18 heavy (non-hydrogen) atoms. The van der Waals surface area contributed by atoms with Crippen molar-refractivity contribution in [3.8, 4) is 0 Å². The molecule has 0 heterocycles. The van der Waals surface area contributed by atoms with Crippen LogP contribution in [0.4, 0.5) is 10.1 Å². The van der Waals surface area contributed by atoms with Crippen molar-refractivity contribution in [2.75, 3.05) is 5.32 Å². The standard InChI is InChI=1S/C15H21ClFN/c1-10(2)11-4-3-5-12(8-11)18-13-6-7-14(16)15(17)9-13/h6-7,9-12,18H,3-5,8H2,1-2H3. The molecule has 1 fully saturated rings. The van der Waals surface area contributed by atoms with E-state index in [4.69, 9.17) is 11.6 Å². The van der Waals surface area contributed by atoms with Crippen LogP contribution in [0.15, 0.2) is 18.2 Å². The van der Waals surface area contributed by atoms with Crippen molar-refractivity contribution in [3.05, 3.63) is 29.0 Å². The molecule has 0 aliphatic heterocycles. The molecule has 2 atom stereocenters. The molecule has 2 unspecified atom stereocenters. The Labute approximate surface area is 114 Å². The largest absolute Gasteiger partial charge is 0.382 e. The summed E-state index contributed by atoms with van der Waals surface area (Å²) in [7, 11) is 0. The Morgan fingerprint density at radius 3 is 2.78 bits per heavy atom. The molecule has 1 aliphatic rings. The van der Waals surface area contributed by atoms with Crippen LogP contribution in [0.5, 0.6) is 0 Å². The van der Waals surface area contributed by atoms with Gasteiger partial charge in [-0.15, -0.1) is 0 Å². The van der Waals surface area contributed by atoms with E-state index in [1.165, 1.54) is 31.7 Å². The van der Waals surface area contributed by atoms with Gasteiger partial charge in [0.25, 0.3) is 0 Å². The predicted molar refractivity (Wildman–Crippen MR) is 75.6 cm³/mol. The van der Waals surface area contributed by atoms with Crippen LogP contribution < -0.4 is 5.32 Å². The Morgan fingerprint density at radius 1 is 1.33 bits per heavy atom.